The lowest BCUT2D eigenvalue weighted by atomic mass is 10.1. The number of imidazole rings is 1. The minimum absolute atomic E-state index is 0.212. The molecule has 5 nitrogen and oxygen atoms in total. The Morgan fingerprint density at radius 2 is 2.10 bits per heavy atom. The lowest BCUT2D eigenvalue weighted by molar-refractivity contribution is -0.111. The van der Waals surface area contributed by atoms with E-state index < -0.39 is 0 Å². The maximum absolute atomic E-state index is 12.0. The van der Waals surface area contributed by atoms with E-state index in [1.165, 1.54) is 0 Å². The second-order valence-electron chi connectivity index (χ2n) is 5.48. The molecule has 1 heterocycles. The highest BCUT2D eigenvalue weighted by Crippen LogP contribution is 2.29. The molecule has 20 heavy (non-hydrogen) atoms. The van der Waals surface area contributed by atoms with Gasteiger partial charge in [0.05, 0.1) is 21.7 Å². The largest absolute Gasteiger partial charge is 0.326 e. The molecule has 0 bridgehead atoms. The van der Waals surface area contributed by atoms with Crippen molar-refractivity contribution in [2.75, 3.05) is 5.32 Å². The molecule has 0 saturated carbocycles. The summed E-state index contributed by atoms with van der Waals surface area (Å²) >= 11 is 6.10. The van der Waals surface area contributed by atoms with Crippen LogP contribution in [0.15, 0.2) is 29.6 Å². The van der Waals surface area contributed by atoms with Crippen LogP contribution in [-0.2, 0) is 10.3 Å². The van der Waals surface area contributed by atoms with Crippen LogP contribution in [0.5, 0.6) is 0 Å². The average molecular weight is 294 g/mol. The summed E-state index contributed by atoms with van der Waals surface area (Å²) in [6, 6.07) is 3.31. The van der Waals surface area contributed by atoms with Crippen LogP contribution < -0.4 is 11.0 Å². The number of nitrogens with zero attached hydrogens (tertiary/aromatic N) is 1. The maximum atomic E-state index is 12.0. The fraction of sp³-hybridized carbons (Fsp3) is 0.286. The van der Waals surface area contributed by atoms with E-state index in [2.05, 4.69) is 16.9 Å². The van der Waals surface area contributed by atoms with Crippen molar-refractivity contribution < 1.29 is 4.79 Å². The van der Waals surface area contributed by atoms with Gasteiger partial charge in [-0.15, -0.1) is 0 Å². The van der Waals surface area contributed by atoms with Gasteiger partial charge >= 0.3 is 5.69 Å². The predicted molar refractivity (Wildman–Crippen MR) is 81.4 cm³/mol. The number of hydrogen-bond donors (Lipinski definition) is 2. The van der Waals surface area contributed by atoms with Crippen LogP contribution in [0, 0.1) is 0 Å². The Morgan fingerprint density at radius 1 is 1.45 bits per heavy atom. The van der Waals surface area contributed by atoms with Crippen molar-refractivity contribution in [3.8, 4) is 0 Å². The van der Waals surface area contributed by atoms with Crippen LogP contribution in [0.25, 0.3) is 11.0 Å². The zero-order valence-electron chi connectivity index (χ0n) is 11.6. The van der Waals surface area contributed by atoms with Crippen LogP contribution >= 0.6 is 11.6 Å². The Morgan fingerprint density at radius 3 is 2.65 bits per heavy atom. The zero-order chi connectivity index (χ0) is 15.1. The van der Waals surface area contributed by atoms with Crippen LogP contribution in [0.2, 0.25) is 5.02 Å². The molecule has 6 heteroatoms. The van der Waals surface area contributed by atoms with Crippen molar-refractivity contribution in [3.05, 3.63) is 40.3 Å². The van der Waals surface area contributed by atoms with Gasteiger partial charge in [-0.1, -0.05) is 18.2 Å². The number of benzene rings is 1. The summed E-state index contributed by atoms with van der Waals surface area (Å²) in [5.74, 6) is -0.355. The van der Waals surface area contributed by atoms with Crippen LogP contribution in [0.4, 0.5) is 5.69 Å². The van der Waals surface area contributed by atoms with Crippen LogP contribution in [0.1, 0.15) is 20.8 Å². The Kier molecular flexibility index (Phi) is 3.48. The Labute approximate surface area is 121 Å². The first kappa shape index (κ1) is 14.4. The summed E-state index contributed by atoms with van der Waals surface area (Å²) in [4.78, 5) is 26.2. The number of fused-ring (bicyclic) bond motifs is 1. The average Bonchev–Trinajstić information content (AvgIpc) is 2.64. The Bertz CT molecular complexity index is 750. The van der Waals surface area contributed by atoms with E-state index in [0.29, 0.717) is 21.7 Å². The SMILES string of the molecule is C=CC(=O)Nc1cc2c(cc1Cl)[nH]c(=O)n2C(C)(C)C. The van der Waals surface area contributed by atoms with Gasteiger partial charge in [0.25, 0.3) is 0 Å². The maximum Gasteiger partial charge on any atom is 0.326 e. The van der Waals surface area contributed by atoms with Crippen molar-refractivity contribution in [3.63, 3.8) is 0 Å². The summed E-state index contributed by atoms with van der Waals surface area (Å²) in [7, 11) is 0. The number of aromatic nitrogens is 2. The van der Waals surface area contributed by atoms with Gasteiger partial charge in [0, 0.05) is 5.54 Å². The molecule has 2 aromatic rings. The van der Waals surface area contributed by atoms with Crippen molar-refractivity contribution in [1.82, 2.24) is 9.55 Å². The molecular formula is C14H16ClN3O2. The van der Waals surface area contributed by atoms with Gasteiger partial charge < -0.3 is 10.3 Å². The number of amides is 1. The number of carbonyl (C=O) groups excluding carboxylic acids is 1. The molecule has 0 aliphatic heterocycles. The molecule has 0 spiro atoms. The predicted octanol–water partition coefficient (Wildman–Crippen LogP) is 2.86. The third kappa shape index (κ3) is 2.49. The highest BCUT2D eigenvalue weighted by Gasteiger charge is 2.20. The molecule has 2 N–H and O–H groups in total. The zero-order valence-corrected chi connectivity index (χ0v) is 12.3. The van der Waals surface area contributed by atoms with E-state index in [4.69, 9.17) is 11.6 Å². The summed E-state index contributed by atoms with van der Waals surface area (Å²) in [5.41, 5.74) is 1.16. The van der Waals surface area contributed by atoms with E-state index in [1.807, 2.05) is 20.8 Å². The summed E-state index contributed by atoms with van der Waals surface area (Å²) < 4.78 is 1.63. The number of nitrogens with one attached hydrogen (secondary N) is 2. The summed E-state index contributed by atoms with van der Waals surface area (Å²) in [6.07, 6.45) is 1.16. The second-order valence-corrected chi connectivity index (χ2v) is 5.89. The molecule has 0 radical (unpaired) electrons. The molecule has 1 amide bonds. The topological polar surface area (TPSA) is 66.9 Å². The minimum atomic E-state index is -0.386. The molecule has 0 aliphatic carbocycles. The Hall–Kier alpha value is -2.01. The van der Waals surface area contributed by atoms with E-state index in [1.54, 1.807) is 16.7 Å². The fourth-order valence-corrected chi connectivity index (χ4v) is 2.28. The number of hydrogen-bond acceptors (Lipinski definition) is 2. The second kappa shape index (κ2) is 4.83. The number of rotatable bonds is 2. The van der Waals surface area contributed by atoms with E-state index in [0.717, 1.165) is 6.08 Å². The van der Waals surface area contributed by atoms with Gasteiger partial charge in [-0.3, -0.25) is 9.36 Å². The highest BCUT2D eigenvalue weighted by atomic mass is 35.5. The molecule has 2 rings (SSSR count). The molecule has 106 valence electrons. The standard InChI is InChI=1S/C14H16ClN3O2/c1-5-12(19)16-9-7-11-10(6-8(9)15)17-13(20)18(11)14(2,3)4/h5-7H,1H2,2-4H3,(H,16,19)(H,17,20). The summed E-state index contributed by atoms with van der Waals surface area (Å²) in [5, 5.41) is 2.98. The molecule has 0 atom stereocenters. The molecule has 0 unspecified atom stereocenters. The first-order valence-corrected chi connectivity index (χ1v) is 6.50. The lowest BCUT2D eigenvalue weighted by Gasteiger charge is -2.21. The van der Waals surface area contributed by atoms with Crippen molar-refractivity contribution in [2.45, 2.75) is 26.3 Å². The first-order chi connectivity index (χ1) is 9.24. The number of halogens is 1. The quantitative estimate of drug-likeness (QED) is 0.836. The van der Waals surface area contributed by atoms with Crippen molar-refractivity contribution in [2.24, 2.45) is 0 Å². The minimum Gasteiger partial charge on any atom is -0.321 e. The molecule has 0 saturated heterocycles. The third-order valence-corrected chi connectivity index (χ3v) is 3.20. The monoisotopic (exact) mass is 293 g/mol. The number of carbonyl (C=O) groups is 1. The summed E-state index contributed by atoms with van der Waals surface area (Å²) in [6.45, 7) is 9.18. The van der Waals surface area contributed by atoms with Crippen molar-refractivity contribution in [1.29, 1.82) is 0 Å². The van der Waals surface area contributed by atoms with Gasteiger partial charge in [-0.2, -0.15) is 0 Å². The molecule has 1 aromatic carbocycles. The smallest absolute Gasteiger partial charge is 0.321 e. The lowest BCUT2D eigenvalue weighted by Crippen LogP contribution is -2.31. The fourth-order valence-electron chi connectivity index (χ4n) is 2.07. The normalized spacial score (nSPS) is 11.6. The van der Waals surface area contributed by atoms with Gasteiger partial charge in [-0.25, -0.2) is 4.79 Å². The number of aromatic amines is 1. The van der Waals surface area contributed by atoms with Gasteiger partial charge in [-0.05, 0) is 39.0 Å². The molecule has 0 fully saturated rings. The molecule has 0 aliphatic rings. The molecular weight excluding hydrogens is 278 g/mol. The highest BCUT2D eigenvalue weighted by molar-refractivity contribution is 6.34. The van der Waals surface area contributed by atoms with Crippen LogP contribution in [0.3, 0.4) is 0 Å². The number of H-pyrrole nitrogens is 1. The number of anilines is 1. The van der Waals surface area contributed by atoms with Crippen LogP contribution in [-0.4, -0.2) is 15.5 Å². The third-order valence-electron chi connectivity index (χ3n) is 2.89. The Balaban J connectivity index is 2.70. The van der Waals surface area contributed by atoms with E-state index in [-0.39, 0.29) is 17.1 Å². The van der Waals surface area contributed by atoms with Gasteiger partial charge in [0.1, 0.15) is 0 Å². The van der Waals surface area contributed by atoms with Gasteiger partial charge in [0.2, 0.25) is 5.91 Å². The van der Waals surface area contributed by atoms with E-state index in [9.17, 15) is 9.59 Å². The molecule has 1 aromatic heterocycles. The van der Waals surface area contributed by atoms with E-state index >= 15 is 0 Å². The first-order valence-electron chi connectivity index (χ1n) is 6.12. The van der Waals surface area contributed by atoms with Gasteiger partial charge in [0.15, 0.2) is 0 Å². The van der Waals surface area contributed by atoms with Crippen molar-refractivity contribution >= 4 is 34.2 Å².